The molecule has 0 saturated carbocycles. The van der Waals surface area contributed by atoms with Crippen molar-refractivity contribution < 1.29 is 9.90 Å². The first-order chi connectivity index (χ1) is 8.82. The molecule has 7 heteroatoms. The van der Waals surface area contributed by atoms with Gasteiger partial charge < -0.3 is 15.4 Å². The SMILES string of the molecule is CC(C)(CCO)CNC(=O)Cc1cc(=O)[nH]c(=O)[nH]1. The Morgan fingerprint density at radius 3 is 2.63 bits per heavy atom. The molecule has 0 aliphatic heterocycles. The zero-order valence-electron chi connectivity index (χ0n) is 11.1. The molecule has 0 saturated heterocycles. The summed E-state index contributed by atoms with van der Waals surface area (Å²) in [4.78, 5) is 38.2. The van der Waals surface area contributed by atoms with Crippen LogP contribution < -0.4 is 16.6 Å². The van der Waals surface area contributed by atoms with Gasteiger partial charge in [0.2, 0.25) is 5.91 Å². The van der Waals surface area contributed by atoms with Crippen molar-refractivity contribution in [2.24, 2.45) is 5.41 Å². The number of hydrogen-bond acceptors (Lipinski definition) is 4. The topological polar surface area (TPSA) is 115 Å². The number of aromatic amines is 2. The third-order valence-corrected chi connectivity index (χ3v) is 2.72. The summed E-state index contributed by atoms with van der Waals surface area (Å²) in [6.07, 6.45) is 0.517. The summed E-state index contributed by atoms with van der Waals surface area (Å²) in [7, 11) is 0. The van der Waals surface area contributed by atoms with E-state index in [1.807, 2.05) is 18.8 Å². The van der Waals surface area contributed by atoms with E-state index in [0.29, 0.717) is 13.0 Å². The van der Waals surface area contributed by atoms with E-state index in [1.165, 1.54) is 6.07 Å². The number of amides is 1. The minimum absolute atomic E-state index is 0.0598. The number of hydrogen-bond donors (Lipinski definition) is 4. The molecule has 7 nitrogen and oxygen atoms in total. The molecular weight excluding hydrogens is 250 g/mol. The van der Waals surface area contributed by atoms with E-state index in [2.05, 4.69) is 10.3 Å². The molecule has 0 fully saturated rings. The number of carbonyl (C=O) groups excluding carboxylic acids is 1. The molecule has 0 atom stereocenters. The van der Waals surface area contributed by atoms with Gasteiger partial charge in [0.25, 0.3) is 5.56 Å². The van der Waals surface area contributed by atoms with Crippen molar-refractivity contribution in [3.05, 3.63) is 32.6 Å². The van der Waals surface area contributed by atoms with E-state index < -0.39 is 11.2 Å². The summed E-state index contributed by atoms with van der Waals surface area (Å²) in [5, 5.41) is 11.6. The lowest BCUT2D eigenvalue weighted by Crippen LogP contribution is -2.36. The van der Waals surface area contributed by atoms with E-state index in [4.69, 9.17) is 5.11 Å². The van der Waals surface area contributed by atoms with Crippen LogP contribution in [0.1, 0.15) is 26.0 Å². The van der Waals surface area contributed by atoms with E-state index in [-0.39, 0.29) is 30.0 Å². The van der Waals surface area contributed by atoms with E-state index in [1.54, 1.807) is 0 Å². The molecule has 1 rings (SSSR count). The molecule has 1 aromatic rings. The fourth-order valence-corrected chi connectivity index (χ4v) is 1.58. The Hall–Kier alpha value is -1.89. The van der Waals surface area contributed by atoms with E-state index in [0.717, 1.165) is 0 Å². The quantitative estimate of drug-likeness (QED) is 0.537. The summed E-state index contributed by atoms with van der Waals surface area (Å²) >= 11 is 0. The van der Waals surface area contributed by atoms with Gasteiger partial charge in [-0.15, -0.1) is 0 Å². The number of nitrogens with one attached hydrogen (secondary N) is 3. The molecule has 0 spiro atoms. The fourth-order valence-electron chi connectivity index (χ4n) is 1.58. The predicted octanol–water partition coefficient (Wildman–Crippen LogP) is -0.869. The molecule has 0 aliphatic carbocycles. The molecule has 106 valence electrons. The maximum absolute atomic E-state index is 11.7. The van der Waals surface area contributed by atoms with Crippen LogP contribution in [0, 0.1) is 5.41 Å². The largest absolute Gasteiger partial charge is 0.396 e. The monoisotopic (exact) mass is 269 g/mol. The van der Waals surface area contributed by atoms with Gasteiger partial charge in [-0.25, -0.2) is 4.79 Å². The van der Waals surface area contributed by atoms with Crippen molar-refractivity contribution in [2.45, 2.75) is 26.7 Å². The van der Waals surface area contributed by atoms with Gasteiger partial charge in [0.1, 0.15) is 0 Å². The number of H-pyrrole nitrogens is 2. The first-order valence-corrected chi connectivity index (χ1v) is 6.02. The van der Waals surface area contributed by atoms with Gasteiger partial charge >= 0.3 is 5.69 Å². The Morgan fingerprint density at radius 2 is 2.05 bits per heavy atom. The summed E-state index contributed by atoms with van der Waals surface area (Å²) in [5.74, 6) is -0.285. The van der Waals surface area contributed by atoms with Crippen LogP contribution in [0.2, 0.25) is 0 Å². The van der Waals surface area contributed by atoms with Gasteiger partial charge in [-0.2, -0.15) is 0 Å². The Bertz CT molecular complexity index is 516. The maximum atomic E-state index is 11.7. The van der Waals surface area contributed by atoms with Crippen LogP contribution in [0.15, 0.2) is 15.7 Å². The van der Waals surface area contributed by atoms with Crippen molar-refractivity contribution in [3.8, 4) is 0 Å². The molecule has 0 aliphatic rings. The number of aromatic nitrogens is 2. The van der Waals surface area contributed by atoms with E-state index in [9.17, 15) is 14.4 Å². The average molecular weight is 269 g/mol. The van der Waals surface area contributed by atoms with Crippen molar-refractivity contribution >= 4 is 5.91 Å². The van der Waals surface area contributed by atoms with Gasteiger partial charge in [0.15, 0.2) is 0 Å². The zero-order valence-corrected chi connectivity index (χ0v) is 11.1. The summed E-state index contributed by atoms with van der Waals surface area (Å²) < 4.78 is 0. The second-order valence-corrected chi connectivity index (χ2v) is 5.20. The van der Waals surface area contributed by atoms with Gasteiger partial charge in [-0.05, 0) is 11.8 Å². The highest BCUT2D eigenvalue weighted by Crippen LogP contribution is 2.17. The minimum Gasteiger partial charge on any atom is -0.396 e. The molecule has 19 heavy (non-hydrogen) atoms. The average Bonchev–Trinajstić information content (AvgIpc) is 2.25. The number of aliphatic hydroxyl groups is 1. The number of carbonyl (C=O) groups is 1. The van der Waals surface area contributed by atoms with Gasteiger partial charge in [0, 0.05) is 24.9 Å². The van der Waals surface area contributed by atoms with Gasteiger partial charge in [-0.3, -0.25) is 14.6 Å². The van der Waals surface area contributed by atoms with Crippen LogP contribution >= 0.6 is 0 Å². The third-order valence-electron chi connectivity index (χ3n) is 2.72. The predicted molar refractivity (Wildman–Crippen MR) is 69.9 cm³/mol. The minimum atomic E-state index is -0.629. The summed E-state index contributed by atoms with van der Waals surface area (Å²) in [6.45, 7) is 4.33. The molecule has 1 aromatic heterocycles. The van der Waals surface area contributed by atoms with Crippen molar-refractivity contribution in [1.82, 2.24) is 15.3 Å². The Kier molecular flexibility index (Phi) is 5.05. The summed E-state index contributed by atoms with van der Waals surface area (Å²) in [6, 6.07) is 1.18. The number of aliphatic hydroxyl groups excluding tert-OH is 1. The Labute approximate surface area is 110 Å². The lowest BCUT2D eigenvalue weighted by atomic mass is 9.90. The Balaban J connectivity index is 2.56. The Morgan fingerprint density at radius 1 is 1.37 bits per heavy atom. The molecule has 4 N–H and O–H groups in total. The molecule has 1 heterocycles. The maximum Gasteiger partial charge on any atom is 0.325 e. The normalized spacial score (nSPS) is 11.3. The lowest BCUT2D eigenvalue weighted by molar-refractivity contribution is -0.121. The lowest BCUT2D eigenvalue weighted by Gasteiger charge is -2.23. The zero-order chi connectivity index (χ0) is 14.5. The molecule has 0 unspecified atom stereocenters. The van der Waals surface area contributed by atoms with Crippen molar-refractivity contribution in [1.29, 1.82) is 0 Å². The second kappa shape index (κ2) is 6.33. The highest BCUT2D eigenvalue weighted by molar-refractivity contribution is 5.78. The van der Waals surface area contributed by atoms with Crippen molar-refractivity contribution in [3.63, 3.8) is 0 Å². The van der Waals surface area contributed by atoms with Crippen LogP contribution in [-0.2, 0) is 11.2 Å². The molecule has 0 aromatic carbocycles. The molecule has 1 amide bonds. The van der Waals surface area contributed by atoms with Crippen molar-refractivity contribution in [2.75, 3.05) is 13.2 Å². The fraction of sp³-hybridized carbons (Fsp3) is 0.583. The molecule has 0 bridgehead atoms. The summed E-state index contributed by atoms with van der Waals surface area (Å²) in [5.41, 5.74) is -1.10. The number of rotatable bonds is 6. The highest BCUT2D eigenvalue weighted by Gasteiger charge is 2.18. The first kappa shape index (κ1) is 15.2. The van der Waals surface area contributed by atoms with Gasteiger partial charge in [-0.1, -0.05) is 13.8 Å². The van der Waals surface area contributed by atoms with Crippen LogP contribution in [0.3, 0.4) is 0 Å². The van der Waals surface area contributed by atoms with Crippen LogP contribution in [-0.4, -0.2) is 34.1 Å². The smallest absolute Gasteiger partial charge is 0.325 e. The third kappa shape index (κ3) is 5.52. The standard InChI is InChI=1S/C12H19N3O4/c1-12(2,3-4-16)7-13-9(17)5-8-6-10(18)15-11(19)14-8/h6,16H,3-5,7H2,1-2H3,(H,13,17)(H2,14,15,18,19). The second-order valence-electron chi connectivity index (χ2n) is 5.20. The molecule has 0 radical (unpaired) electrons. The first-order valence-electron chi connectivity index (χ1n) is 6.02. The van der Waals surface area contributed by atoms with Crippen LogP contribution in [0.4, 0.5) is 0 Å². The van der Waals surface area contributed by atoms with Gasteiger partial charge in [0.05, 0.1) is 6.42 Å². The highest BCUT2D eigenvalue weighted by atomic mass is 16.3. The van der Waals surface area contributed by atoms with Crippen LogP contribution in [0.25, 0.3) is 0 Å². The van der Waals surface area contributed by atoms with Crippen LogP contribution in [0.5, 0.6) is 0 Å². The molecular formula is C12H19N3O4. The van der Waals surface area contributed by atoms with E-state index >= 15 is 0 Å².